The van der Waals surface area contributed by atoms with E-state index in [0.29, 0.717) is 25.4 Å². The van der Waals surface area contributed by atoms with Gasteiger partial charge in [-0.15, -0.1) is 0 Å². The van der Waals surface area contributed by atoms with Crippen LogP contribution in [0.4, 0.5) is 0 Å². The molecule has 2 amide bonds. The van der Waals surface area contributed by atoms with Crippen molar-refractivity contribution in [2.75, 3.05) is 6.54 Å². The van der Waals surface area contributed by atoms with Gasteiger partial charge >= 0.3 is 0 Å². The van der Waals surface area contributed by atoms with Gasteiger partial charge in [-0.2, -0.15) is 0 Å². The lowest BCUT2D eigenvalue weighted by Crippen LogP contribution is -2.40. The minimum atomic E-state index is -0.0310. The second-order valence-electron chi connectivity index (χ2n) is 5.89. The summed E-state index contributed by atoms with van der Waals surface area (Å²) in [6.45, 7) is 4.51. The van der Waals surface area contributed by atoms with Crippen LogP contribution in [0.3, 0.4) is 0 Å². The average Bonchev–Trinajstić information content (AvgIpc) is 3.24. The van der Waals surface area contributed by atoms with Crippen LogP contribution < -0.4 is 5.32 Å². The Morgan fingerprint density at radius 1 is 1.24 bits per heavy atom. The molecule has 1 saturated carbocycles. The predicted molar refractivity (Wildman–Crippen MR) is 82.8 cm³/mol. The summed E-state index contributed by atoms with van der Waals surface area (Å²) in [7, 11) is 0. The van der Waals surface area contributed by atoms with E-state index in [1.54, 1.807) is 0 Å². The van der Waals surface area contributed by atoms with Crippen LogP contribution in [0.2, 0.25) is 0 Å². The predicted octanol–water partition coefficient (Wildman–Crippen LogP) is 2.13. The Morgan fingerprint density at radius 3 is 2.48 bits per heavy atom. The van der Waals surface area contributed by atoms with Crippen molar-refractivity contribution in [3.63, 3.8) is 0 Å². The van der Waals surface area contributed by atoms with Crippen LogP contribution >= 0.6 is 0 Å². The molecule has 0 atom stereocenters. The van der Waals surface area contributed by atoms with Crippen molar-refractivity contribution >= 4 is 11.8 Å². The highest BCUT2D eigenvalue weighted by Crippen LogP contribution is 2.28. The molecule has 1 aromatic rings. The van der Waals surface area contributed by atoms with Crippen LogP contribution in [0.1, 0.15) is 38.7 Å². The minimum absolute atomic E-state index is 0.0310. The summed E-state index contributed by atoms with van der Waals surface area (Å²) < 4.78 is 0. The lowest BCUT2D eigenvalue weighted by atomic mass is 10.1. The highest BCUT2D eigenvalue weighted by atomic mass is 16.2. The molecule has 0 bridgehead atoms. The van der Waals surface area contributed by atoms with Gasteiger partial charge in [-0.25, -0.2) is 0 Å². The van der Waals surface area contributed by atoms with Crippen molar-refractivity contribution in [3.05, 3.63) is 35.9 Å². The van der Waals surface area contributed by atoms with E-state index in [9.17, 15) is 9.59 Å². The number of carbonyl (C=O) groups excluding carboxylic acids is 2. The first-order valence-electron chi connectivity index (χ1n) is 7.69. The number of benzene rings is 1. The van der Waals surface area contributed by atoms with Gasteiger partial charge in [0.2, 0.25) is 11.8 Å². The Labute approximate surface area is 126 Å². The van der Waals surface area contributed by atoms with Crippen molar-refractivity contribution in [3.8, 4) is 0 Å². The molecule has 1 aromatic carbocycles. The van der Waals surface area contributed by atoms with Crippen LogP contribution in [0.25, 0.3) is 0 Å². The molecule has 114 valence electrons. The Hall–Kier alpha value is -1.84. The van der Waals surface area contributed by atoms with Crippen molar-refractivity contribution in [1.29, 1.82) is 0 Å². The molecular weight excluding hydrogens is 264 g/mol. The SMILES string of the molecule is CC(C)N(C(=O)CCNC(=O)Cc1ccccc1)C1CC1. The summed E-state index contributed by atoms with van der Waals surface area (Å²) in [4.78, 5) is 26.0. The second-order valence-corrected chi connectivity index (χ2v) is 5.89. The number of hydrogen-bond donors (Lipinski definition) is 1. The van der Waals surface area contributed by atoms with Gasteiger partial charge in [-0.1, -0.05) is 30.3 Å². The van der Waals surface area contributed by atoms with Gasteiger partial charge in [0.05, 0.1) is 6.42 Å². The number of nitrogens with one attached hydrogen (secondary N) is 1. The third-order valence-corrected chi connectivity index (χ3v) is 3.65. The number of rotatable bonds is 7. The maximum absolute atomic E-state index is 12.2. The molecule has 4 nitrogen and oxygen atoms in total. The largest absolute Gasteiger partial charge is 0.355 e. The first kappa shape index (κ1) is 15.5. The van der Waals surface area contributed by atoms with Crippen molar-refractivity contribution < 1.29 is 9.59 Å². The molecule has 1 fully saturated rings. The fourth-order valence-electron chi connectivity index (χ4n) is 2.55. The lowest BCUT2D eigenvalue weighted by Gasteiger charge is -2.26. The van der Waals surface area contributed by atoms with Crippen molar-refractivity contribution in [2.24, 2.45) is 0 Å². The zero-order valence-corrected chi connectivity index (χ0v) is 12.8. The van der Waals surface area contributed by atoms with Crippen molar-refractivity contribution in [2.45, 2.75) is 51.6 Å². The van der Waals surface area contributed by atoms with E-state index in [1.165, 1.54) is 0 Å². The van der Waals surface area contributed by atoms with Crippen LogP contribution in [0.5, 0.6) is 0 Å². The van der Waals surface area contributed by atoms with Gasteiger partial charge in [-0.05, 0) is 32.3 Å². The van der Waals surface area contributed by atoms with Crippen LogP contribution in [0.15, 0.2) is 30.3 Å². The first-order chi connectivity index (χ1) is 10.1. The summed E-state index contributed by atoms with van der Waals surface area (Å²) in [5, 5.41) is 2.83. The molecule has 0 saturated heterocycles. The summed E-state index contributed by atoms with van der Waals surface area (Å²) in [6, 6.07) is 10.3. The smallest absolute Gasteiger partial charge is 0.224 e. The van der Waals surface area contributed by atoms with Crippen LogP contribution in [-0.4, -0.2) is 35.3 Å². The molecule has 21 heavy (non-hydrogen) atoms. The Kier molecular flexibility index (Phi) is 5.37. The van der Waals surface area contributed by atoms with E-state index in [0.717, 1.165) is 18.4 Å². The molecule has 1 aliphatic carbocycles. The standard InChI is InChI=1S/C17H24N2O2/c1-13(2)19(15-8-9-15)17(21)10-11-18-16(20)12-14-6-4-3-5-7-14/h3-7,13,15H,8-12H2,1-2H3,(H,18,20). The molecule has 0 aliphatic heterocycles. The number of hydrogen-bond acceptors (Lipinski definition) is 2. The third-order valence-electron chi connectivity index (χ3n) is 3.65. The number of amides is 2. The van der Waals surface area contributed by atoms with Crippen LogP contribution in [-0.2, 0) is 16.0 Å². The fourth-order valence-corrected chi connectivity index (χ4v) is 2.55. The summed E-state index contributed by atoms with van der Waals surface area (Å²) in [6.07, 6.45) is 2.98. The summed E-state index contributed by atoms with van der Waals surface area (Å²) >= 11 is 0. The van der Waals surface area contributed by atoms with E-state index in [2.05, 4.69) is 5.32 Å². The maximum atomic E-state index is 12.2. The molecule has 1 N–H and O–H groups in total. The van der Waals surface area contributed by atoms with Gasteiger partial charge < -0.3 is 10.2 Å². The van der Waals surface area contributed by atoms with E-state index in [1.807, 2.05) is 49.1 Å². The average molecular weight is 288 g/mol. The zero-order chi connectivity index (χ0) is 15.2. The molecule has 2 rings (SSSR count). The van der Waals surface area contributed by atoms with Gasteiger partial charge in [0.25, 0.3) is 0 Å². The van der Waals surface area contributed by atoms with E-state index in [-0.39, 0.29) is 17.9 Å². The highest BCUT2D eigenvalue weighted by Gasteiger charge is 2.33. The molecule has 1 aliphatic rings. The zero-order valence-electron chi connectivity index (χ0n) is 12.8. The third kappa shape index (κ3) is 4.88. The molecule has 0 unspecified atom stereocenters. The Balaban J connectivity index is 1.71. The van der Waals surface area contributed by atoms with E-state index in [4.69, 9.17) is 0 Å². The first-order valence-corrected chi connectivity index (χ1v) is 7.69. The normalized spacial score (nSPS) is 14.0. The summed E-state index contributed by atoms with van der Waals surface area (Å²) in [5.74, 6) is 0.115. The van der Waals surface area contributed by atoms with Crippen LogP contribution in [0, 0.1) is 0 Å². The molecule has 0 radical (unpaired) electrons. The molecular formula is C17H24N2O2. The quantitative estimate of drug-likeness (QED) is 0.835. The lowest BCUT2D eigenvalue weighted by molar-refractivity contribution is -0.133. The monoisotopic (exact) mass is 288 g/mol. The fraction of sp³-hybridized carbons (Fsp3) is 0.529. The summed E-state index contributed by atoms with van der Waals surface area (Å²) in [5.41, 5.74) is 0.989. The Morgan fingerprint density at radius 2 is 1.90 bits per heavy atom. The molecule has 0 heterocycles. The van der Waals surface area contributed by atoms with Gasteiger partial charge in [0.1, 0.15) is 0 Å². The molecule has 0 spiro atoms. The van der Waals surface area contributed by atoms with Gasteiger partial charge in [0.15, 0.2) is 0 Å². The molecule has 0 aromatic heterocycles. The topological polar surface area (TPSA) is 49.4 Å². The number of nitrogens with zero attached hydrogens (tertiary/aromatic N) is 1. The second kappa shape index (κ2) is 7.25. The van der Waals surface area contributed by atoms with E-state index >= 15 is 0 Å². The van der Waals surface area contributed by atoms with Gasteiger partial charge in [0, 0.05) is 25.0 Å². The van der Waals surface area contributed by atoms with Gasteiger partial charge in [-0.3, -0.25) is 9.59 Å². The Bertz CT molecular complexity index is 479. The molecule has 4 heteroatoms. The number of carbonyl (C=O) groups is 2. The maximum Gasteiger partial charge on any atom is 0.224 e. The minimum Gasteiger partial charge on any atom is -0.355 e. The van der Waals surface area contributed by atoms with E-state index < -0.39 is 0 Å². The highest BCUT2D eigenvalue weighted by molar-refractivity contribution is 5.80. The van der Waals surface area contributed by atoms with Crippen molar-refractivity contribution in [1.82, 2.24) is 10.2 Å².